The van der Waals surface area contributed by atoms with Crippen LogP contribution in [0.25, 0.3) is 10.9 Å². The summed E-state index contributed by atoms with van der Waals surface area (Å²) in [6.07, 6.45) is 1.37. The molecule has 2 aromatic rings. The zero-order chi connectivity index (χ0) is 21.1. The first-order chi connectivity index (χ1) is 13.5. The van der Waals surface area contributed by atoms with Crippen molar-refractivity contribution < 1.29 is 19.0 Å². The number of piperazine rings is 1. The van der Waals surface area contributed by atoms with Crippen LogP contribution in [-0.2, 0) is 4.74 Å². The number of halogens is 3. The molecule has 2 atom stereocenters. The first kappa shape index (κ1) is 20.4. The smallest absolute Gasteiger partial charge is 0.410 e. The number of anilines is 1. The second-order valence-corrected chi connectivity index (χ2v) is 9.61. The Labute approximate surface area is 180 Å². The van der Waals surface area contributed by atoms with Gasteiger partial charge in [-0.1, -0.05) is 11.6 Å². The number of carbonyl (C=O) groups excluding carboxylic acids is 1. The van der Waals surface area contributed by atoms with E-state index in [1.807, 2.05) is 25.7 Å². The highest BCUT2D eigenvalue weighted by molar-refractivity contribution is 9.10. The summed E-state index contributed by atoms with van der Waals surface area (Å²) in [5.74, 6) is -0.247. The predicted molar refractivity (Wildman–Crippen MR) is 111 cm³/mol. The number of benzene rings is 1. The third-order valence-electron chi connectivity index (χ3n) is 5.18. The molecule has 1 amide bonds. The second kappa shape index (κ2) is 7.12. The van der Waals surface area contributed by atoms with E-state index in [-0.39, 0.29) is 33.2 Å². The van der Waals surface area contributed by atoms with Gasteiger partial charge in [0.2, 0.25) is 0 Å². The topological polar surface area (TPSA) is 78.8 Å². The fourth-order valence-corrected chi connectivity index (χ4v) is 4.57. The molecule has 0 saturated carbocycles. The molecular formula is C19H21BrClFN4O3. The zero-order valence-electron chi connectivity index (χ0n) is 16.2. The number of aromatic nitrogens is 2. The quantitative estimate of drug-likeness (QED) is 0.598. The third kappa shape index (κ3) is 3.70. The van der Waals surface area contributed by atoms with Gasteiger partial charge in [0, 0.05) is 18.5 Å². The highest BCUT2D eigenvalue weighted by Crippen LogP contribution is 2.39. The molecule has 4 rings (SSSR count). The normalized spacial score (nSPS) is 21.7. The van der Waals surface area contributed by atoms with Crippen molar-refractivity contribution in [3.8, 4) is 6.01 Å². The largest absolute Gasteiger partial charge is 0.479 e. The Bertz CT molecular complexity index is 986. The summed E-state index contributed by atoms with van der Waals surface area (Å²) in [5.41, 5.74) is -0.574. The minimum atomic E-state index is -0.651. The van der Waals surface area contributed by atoms with Gasteiger partial charge in [-0.15, -0.1) is 0 Å². The van der Waals surface area contributed by atoms with Crippen LogP contribution in [0.2, 0.25) is 5.02 Å². The van der Waals surface area contributed by atoms with Crippen LogP contribution in [0.4, 0.5) is 15.0 Å². The molecule has 2 bridgehead atoms. The van der Waals surface area contributed by atoms with Gasteiger partial charge in [-0.25, -0.2) is 9.18 Å². The number of carbonyl (C=O) groups is 1. The van der Waals surface area contributed by atoms with Crippen molar-refractivity contribution in [2.75, 3.05) is 18.0 Å². The summed E-state index contributed by atoms with van der Waals surface area (Å²) in [6.45, 7) is 6.52. The van der Waals surface area contributed by atoms with Gasteiger partial charge in [0.15, 0.2) is 5.82 Å². The van der Waals surface area contributed by atoms with E-state index >= 15 is 0 Å². The lowest BCUT2D eigenvalue weighted by atomic mass is 10.1. The highest BCUT2D eigenvalue weighted by Gasteiger charge is 2.45. The molecule has 2 aliphatic rings. The molecule has 1 aromatic carbocycles. The van der Waals surface area contributed by atoms with Crippen LogP contribution >= 0.6 is 27.5 Å². The average molecular weight is 488 g/mol. The van der Waals surface area contributed by atoms with Crippen molar-refractivity contribution in [2.45, 2.75) is 51.3 Å². The van der Waals surface area contributed by atoms with Gasteiger partial charge in [-0.05, 0) is 55.6 Å². The van der Waals surface area contributed by atoms with Gasteiger partial charge < -0.3 is 14.7 Å². The fourth-order valence-electron chi connectivity index (χ4n) is 4.07. The molecule has 0 spiro atoms. The summed E-state index contributed by atoms with van der Waals surface area (Å²) in [5, 5.41) is 10.6. The molecule has 1 aromatic heterocycles. The Morgan fingerprint density at radius 3 is 2.52 bits per heavy atom. The van der Waals surface area contributed by atoms with E-state index in [0.29, 0.717) is 24.3 Å². The van der Waals surface area contributed by atoms with E-state index in [4.69, 9.17) is 16.3 Å². The molecule has 7 nitrogen and oxygen atoms in total. The number of nitrogens with zero attached hydrogens (tertiary/aromatic N) is 4. The second-order valence-electron chi connectivity index (χ2n) is 8.41. The number of hydrogen-bond acceptors (Lipinski definition) is 6. The molecule has 0 aliphatic carbocycles. The van der Waals surface area contributed by atoms with E-state index in [9.17, 15) is 14.3 Å². The number of ether oxygens (including phenoxy) is 1. The summed E-state index contributed by atoms with van der Waals surface area (Å²) >= 11 is 9.25. The maximum atomic E-state index is 14.7. The lowest BCUT2D eigenvalue weighted by Crippen LogP contribution is -2.57. The molecule has 0 radical (unpaired) electrons. The minimum Gasteiger partial charge on any atom is -0.479 e. The van der Waals surface area contributed by atoms with Crippen LogP contribution in [0.3, 0.4) is 0 Å². The maximum Gasteiger partial charge on any atom is 0.410 e. The summed E-state index contributed by atoms with van der Waals surface area (Å²) < 4.78 is 20.3. The zero-order valence-corrected chi connectivity index (χ0v) is 18.6. The molecular weight excluding hydrogens is 467 g/mol. The number of aromatic hydroxyl groups is 1. The number of fused-ring (bicyclic) bond motifs is 3. The summed E-state index contributed by atoms with van der Waals surface area (Å²) in [7, 11) is 0. The lowest BCUT2D eigenvalue weighted by Gasteiger charge is -2.42. The molecule has 2 saturated heterocycles. The van der Waals surface area contributed by atoms with Crippen LogP contribution in [0.15, 0.2) is 10.5 Å². The van der Waals surface area contributed by atoms with Gasteiger partial charge in [0.1, 0.15) is 16.9 Å². The molecule has 3 heterocycles. The van der Waals surface area contributed by atoms with Gasteiger partial charge >= 0.3 is 12.1 Å². The standard InChI is InChI=1S/C19H21BrClFN4O3/c1-19(2,3)29-18(28)26-9-4-5-10(26)8-25(7-9)16-11-6-12(21)13(20)14(22)15(11)23-17(27)24-16/h6,9-10H,4-5,7-8H2,1-3H3,(H,23,24,27). The molecule has 2 fully saturated rings. The van der Waals surface area contributed by atoms with Crippen molar-refractivity contribution in [1.82, 2.24) is 14.9 Å². The monoisotopic (exact) mass is 486 g/mol. The van der Waals surface area contributed by atoms with Gasteiger partial charge in [0.25, 0.3) is 0 Å². The van der Waals surface area contributed by atoms with Gasteiger partial charge in [0.05, 0.1) is 21.6 Å². The third-order valence-corrected chi connectivity index (χ3v) is 6.48. The fraction of sp³-hybridized carbons (Fsp3) is 0.526. The van der Waals surface area contributed by atoms with Crippen LogP contribution in [0.5, 0.6) is 6.01 Å². The molecule has 2 unspecified atom stereocenters. The Kier molecular flexibility index (Phi) is 5.01. The van der Waals surface area contributed by atoms with Crippen molar-refractivity contribution in [1.29, 1.82) is 0 Å². The molecule has 10 heteroatoms. The first-order valence-electron chi connectivity index (χ1n) is 9.35. The van der Waals surface area contributed by atoms with E-state index in [0.717, 1.165) is 12.8 Å². The lowest BCUT2D eigenvalue weighted by molar-refractivity contribution is 0.0123. The Morgan fingerprint density at radius 2 is 1.93 bits per heavy atom. The molecule has 2 aliphatic heterocycles. The van der Waals surface area contributed by atoms with Crippen LogP contribution < -0.4 is 4.90 Å². The SMILES string of the molecule is CC(C)(C)OC(=O)N1C2CCC1CN(c1nc(O)nc3c(F)c(Br)c(Cl)cc13)C2. The Morgan fingerprint density at radius 1 is 1.31 bits per heavy atom. The minimum absolute atomic E-state index is 0.00862. The summed E-state index contributed by atoms with van der Waals surface area (Å²) in [6, 6.07) is 0.974. The van der Waals surface area contributed by atoms with Crippen molar-refractivity contribution in [2.24, 2.45) is 0 Å². The van der Waals surface area contributed by atoms with Crippen LogP contribution in [-0.4, -0.2) is 56.8 Å². The molecule has 1 N–H and O–H groups in total. The van der Waals surface area contributed by atoms with Crippen molar-refractivity contribution in [3.05, 3.63) is 21.4 Å². The van der Waals surface area contributed by atoms with Gasteiger partial charge in [-0.3, -0.25) is 4.90 Å². The van der Waals surface area contributed by atoms with Crippen LogP contribution in [0, 0.1) is 5.82 Å². The van der Waals surface area contributed by atoms with Gasteiger partial charge in [-0.2, -0.15) is 9.97 Å². The average Bonchev–Trinajstić information content (AvgIpc) is 2.89. The molecule has 29 heavy (non-hydrogen) atoms. The van der Waals surface area contributed by atoms with E-state index in [1.54, 1.807) is 11.0 Å². The highest BCUT2D eigenvalue weighted by atomic mass is 79.9. The van der Waals surface area contributed by atoms with E-state index in [2.05, 4.69) is 25.9 Å². The predicted octanol–water partition coefficient (Wildman–Crippen LogP) is 4.48. The maximum absolute atomic E-state index is 14.7. The number of amides is 1. The first-order valence-corrected chi connectivity index (χ1v) is 10.5. The Hall–Kier alpha value is -1.87. The number of hydrogen-bond donors (Lipinski definition) is 1. The van der Waals surface area contributed by atoms with Crippen LogP contribution in [0.1, 0.15) is 33.6 Å². The van der Waals surface area contributed by atoms with E-state index in [1.165, 1.54) is 0 Å². The summed E-state index contributed by atoms with van der Waals surface area (Å²) in [4.78, 5) is 24.4. The molecule has 156 valence electrons. The number of rotatable bonds is 1. The van der Waals surface area contributed by atoms with Crippen molar-refractivity contribution in [3.63, 3.8) is 0 Å². The van der Waals surface area contributed by atoms with E-state index < -0.39 is 17.4 Å². The van der Waals surface area contributed by atoms with Crippen molar-refractivity contribution >= 4 is 50.3 Å². The Balaban J connectivity index is 1.68.